The maximum Gasteiger partial charge on any atom is 0.407 e. The maximum atomic E-state index is 10.8. The Balaban J connectivity index is 2.07. The largest absolute Gasteiger partial charge is 0.465 e. The molecule has 0 radical (unpaired) electrons. The van der Waals surface area contributed by atoms with E-state index in [4.69, 9.17) is 15.4 Å². The fourth-order valence-electron chi connectivity index (χ4n) is 1.77. The summed E-state index contributed by atoms with van der Waals surface area (Å²) in [6, 6.07) is 0. The van der Waals surface area contributed by atoms with Crippen LogP contribution < -0.4 is 5.73 Å². The molecule has 1 fully saturated rings. The van der Waals surface area contributed by atoms with Gasteiger partial charge in [-0.15, -0.1) is 0 Å². The molecule has 1 aliphatic heterocycles. The van der Waals surface area contributed by atoms with Crippen LogP contribution in [0, 0.1) is 0 Å². The summed E-state index contributed by atoms with van der Waals surface area (Å²) >= 11 is 0. The Morgan fingerprint density at radius 3 is 3.07 bits per heavy atom. The van der Waals surface area contributed by atoms with Crippen molar-refractivity contribution in [3.8, 4) is 0 Å². The molecule has 1 aromatic rings. The first-order valence-corrected chi connectivity index (χ1v) is 4.74. The Morgan fingerprint density at radius 1 is 1.67 bits per heavy atom. The number of hydrogen-bond acceptors (Lipinski definition) is 5. The van der Waals surface area contributed by atoms with Crippen molar-refractivity contribution in [1.82, 2.24) is 15.0 Å². The molecule has 1 saturated heterocycles. The third-order valence-corrected chi connectivity index (χ3v) is 2.50. The molecule has 1 aromatic heterocycles. The van der Waals surface area contributed by atoms with Crippen LogP contribution in [0.15, 0.2) is 4.52 Å². The zero-order valence-electron chi connectivity index (χ0n) is 8.09. The van der Waals surface area contributed by atoms with E-state index in [0.717, 1.165) is 12.8 Å². The molecule has 1 unspecified atom stereocenters. The van der Waals surface area contributed by atoms with Crippen molar-refractivity contribution in [1.29, 1.82) is 0 Å². The van der Waals surface area contributed by atoms with Gasteiger partial charge in [0.2, 0.25) is 5.89 Å². The Hall–Kier alpha value is -1.79. The molecule has 1 atom stereocenters. The highest BCUT2D eigenvalue weighted by molar-refractivity contribution is 5.65. The van der Waals surface area contributed by atoms with Gasteiger partial charge in [-0.25, -0.2) is 4.79 Å². The molecule has 2 heterocycles. The van der Waals surface area contributed by atoms with E-state index in [9.17, 15) is 4.79 Å². The van der Waals surface area contributed by atoms with Crippen LogP contribution in [-0.4, -0.2) is 39.3 Å². The molecule has 82 valence electrons. The lowest BCUT2D eigenvalue weighted by atomic mass is 9.98. The summed E-state index contributed by atoms with van der Waals surface area (Å²) < 4.78 is 4.93. The van der Waals surface area contributed by atoms with Gasteiger partial charge in [0.25, 0.3) is 5.95 Å². The van der Waals surface area contributed by atoms with E-state index in [2.05, 4.69) is 10.1 Å². The molecule has 0 aliphatic carbocycles. The number of nitrogen functional groups attached to an aromatic ring is 1. The number of aromatic nitrogens is 2. The summed E-state index contributed by atoms with van der Waals surface area (Å²) in [5, 5.41) is 12.3. The summed E-state index contributed by atoms with van der Waals surface area (Å²) in [6.07, 6.45) is 0.747. The predicted molar refractivity (Wildman–Crippen MR) is 50.3 cm³/mol. The number of carboxylic acid groups (broad SMARTS) is 1. The second-order valence-corrected chi connectivity index (χ2v) is 3.56. The third kappa shape index (κ3) is 2.00. The molecule has 15 heavy (non-hydrogen) atoms. The zero-order chi connectivity index (χ0) is 10.8. The van der Waals surface area contributed by atoms with Crippen LogP contribution in [0.5, 0.6) is 0 Å². The first kappa shape index (κ1) is 9.75. The summed E-state index contributed by atoms with van der Waals surface area (Å²) in [4.78, 5) is 16.0. The smallest absolute Gasteiger partial charge is 0.407 e. The molecule has 7 nitrogen and oxygen atoms in total. The molecule has 0 aromatic carbocycles. The average Bonchev–Trinajstić information content (AvgIpc) is 2.65. The lowest BCUT2D eigenvalue weighted by Gasteiger charge is -2.28. The Bertz CT molecular complexity index is 365. The van der Waals surface area contributed by atoms with Crippen molar-refractivity contribution in [2.45, 2.75) is 18.8 Å². The first-order chi connectivity index (χ1) is 7.16. The highest BCUT2D eigenvalue weighted by Crippen LogP contribution is 2.25. The summed E-state index contributed by atoms with van der Waals surface area (Å²) in [6.45, 7) is 0.965. The molecule has 1 amide bonds. The predicted octanol–water partition coefficient (Wildman–Crippen LogP) is 0.509. The van der Waals surface area contributed by atoms with Gasteiger partial charge in [-0.05, 0) is 18.0 Å². The van der Waals surface area contributed by atoms with Gasteiger partial charge in [-0.3, -0.25) is 0 Å². The summed E-state index contributed by atoms with van der Waals surface area (Å²) in [5.74, 6) is 0.496. The van der Waals surface area contributed by atoms with Crippen LogP contribution in [0.1, 0.15) is 24.7 Å². The second-order valence-electron chi connectivity index (χ2n) is 3.56. The van der Waals surface area contributed by atoms with E-state index in [1.807, 2.05) is 0 Å². The Kier molecular flexibility index (Phi) is 2.44. The van der Waals surface area contributed by atoms with Gasteiger partial charge in [0.1, 0.15) is 0 Å². The fourth-order valence-corrected chi connectivity index (χ4v) is 1.77. The van der Waals surface area contributed by atoms with Crippen molar-refractivity contribution >= 4 is 12.0 Å². The average molecular weight is 212 g/mol. The van der Waals surface area contributed by atoms with Crippen LogP contribution in [0.4, 0.5) is 10.7 Å². The van der Waals surface area contributed by atoms with Crippen molar-refractivity contribution in [2.75, 3.05) is 18.8 Å². The lowest BCUT2D eigenvalue weighted by Crippen LogP contribution is -2.38. The molecule has 0 spiro atoms. The van der Waals surface area contributed by atoms with Gasteiger partial charge < -0.3 is 20.3 Å². The van der Waals surface area contributed by atoms with E-state index in [1.54, 1.807) is 0 Å². The van der Waals surface area contributed by atoms with Crippen LogP contribution in [0.2, 0.25) is 0 Å². The quantitative estimate of drug-likeness (QED) is 0.702. The van der Waals surface area contributed by atoms with E-state index in [0.29, 0.717) is 19.0 Å². The number of hydrogen-bond donors (Lipinski definition) is 2. The number of anilines is 1. The van der Waals surface area contributed by atoms with Crippen LogP contribution in [0.25, 0.3) is 0 Å². The van der Waals surface area contributed by atoms with Crippen LogP contribution >= 0.6 is 0 Å². The number of carbonyl (C=O) groups is 1. The number of piperidine rings is 1. The van der Waals surface area contributed by atoms with Gasteiger partial charge in [0, 0.05) is 13.1 Å². The standard InChI is InChI=1S/C8H12N4O3/c9-7-10-6(15-11-7)5-2-1-3-12(4-5)8(13)14/h5H,1-4H2,(H2,9,11)(H,13,14). The molecular formula is C8H12N4O3. The van der Waals surface area contributed by atoms with E-state index < -0.39 is 6.09 Å². The van der Waals surface area contributed by atoms with Gasteiger partial charge >= 0.3 is 6.09 Å². The van der Waals surface area contributed by atoms with Crippen molar-refractivity contribution in [2.24, 2.45) is 0 Å². The minimum Gasteiger partial charge on any atom is -0.465 e. The van der Waals surface area contributed by atoms with Crippen molar-refractivity contribution < 1.29 is 14.4 Å². The maximum absolute atomic E-state index is 10.8. The highest BCUT2D eigenvalue weighted by atomic mass is 16.5. The molecule has 3 N–H and O–H groups in total. The number of rotatable bonds is 1. The number of amides is 1. The topological polar surface area (TPSA) is 105 Å². The minimum atomic E-state index is -0.910. The Labute approximate surface area is 85.9 Å². The normalized spacial score (nSPS) is 21.6. The van der Waals surface area contributed by atoms with Crippen molar-refractivity contribution in [3.05, 3.63) is 5.89 Å². The van der Waals surface area contributed by atoms with Crippen LogP contribution in [-0.2, 0) is 0 Å². The van der Waals surface area contributed by atoms with Gasteiger partial charge in [0.15, 0.2) is 0 Å². The fraction of sp³-hybridized carbons (Fsp3) is 0.625. The minimum absolute atomic E-state index is 0.0281. The zero-order valence-corrected chi connectivity index (χ0v) is 8.09. The van der Waals surface area contributed by atoms with Gasteiger partial charge in [-0.2, -0.15) is 4.98 Å². The van der Waals surface area contributed by atoms with Gasteiger partial charge in [0.05, 0.1) is 5.92 Å². The van der Waals surface area contributed by atoms with Crippen molar-refractivity contribution in [3.63, 3.8) is 0 Å². The third-order valence-electron chi connectivity index (χ3n) is 2.50. The number of likely N-dealkylation sites (tertiary alicyclic amines) is 1. The number of nitrogens with two attached hydrogens (primary N) is 1. The van der Waals surface area contributed by atoms with E-state index >= 15 is 0 Å². The Morgan fingerprint density at radius 2 is 2.47 bits per heavy atom. The van der Waals surface area contributed by atoms with Gasteiger partial charge in [-0.1, -0.05) is 0 Å². The monoisotopic (exact) mass is 212 g/mol. The first-order valence-electron chi connectivity index (χ1n) is 4.74. The SMILES string of the molecule is Nc1noc(C2CCCN(C(=O)O)C2)n1. The van der Waals surface area contributed by atoms with E-state index in [-0.39, 0.29) is 11.9 Å². The molecule has 0 saturated carbocycles. The second kappa shape index (κ2) is 3.76. The lowest BCUT2D eigenvalue weighted by molar-refractivity contribution is 0.126. The molecule has 2 rings (SSSR count). The molecule has 1 aliphatic rings. The highest BCUT2D eigenvalue weighted by Gasteiger charge is 2.27. The molecule has 7 heteroatoms. The molecule has 0 bridgehead atoms. The van der Waals surface area contributed by atoms with Crippen LogP contribution in [0.3, 0.4) is 0 Å². The summed E-state index contributed by atoms with van der Waals surface area (Å²) in [7, 11) is 0. The van der Waals surface area contributed by atoms with E-state index in [1.165, 1.54) is 4.90 Å². The molecular weight excluding hydrogens is 200 g/mol. The summed E-state index contributed by atoms with van der Waals surface area (Å²) in [5.41, 5.74) is 5.33. The number of nitrogens with zero attached hydrogens (tertiary/aromatic N) is 3.